The molecule has 2 heterocycles. The Balaban J connectivity index is 1.81. The van der Waals surface area contributed by atoms with E-state index in [0.29, 0.717) is 6.61 Å². The van der Waals surface area contributed by atoms with Gasteiger partial charge in [-0.25, -0.2) is 9.97 Å². The Hall–Kier alpha value is -0.660. The van der Waals surface area contributed by atoms with Gasteiger partial charge in [0.05, 0.1) is 19.3 Å². The van der Waals surface area contributed by atoms with Gasteiger partial charge in [-0.15, -0.1) is 0 Å². The highest BCUT2D eigenvalue weighted by molar-refractivity contribution is 6.35. The molecule has 1 aliphatic rings. The second kappa shape index (κ2) is 7.21. The van der Waals surface area contributed by atoms with Gasteiger partial charge in [-0.3, -0.25) is 4.90 Å². The average Bonchev–Trinajstić information content (AvgIpc) is 2.39. The molecular formula is C11H16Cl2N4O2. The summed E-state index contributed by atoms with van der Waals surface area (Å²) in [7, 11) is 0. The van der Waals surface area contributed by atoms with E-state index in [1.165, 1.54) is 6.33 Å². The van der Waals surface area contributed by atoms with Gasteiger partial charge in [0.2, 0.25) is 0 Å². The minimum atomic E-state index is -0.134. The Morgan fingerprint density at radius 2 is 1.95 bits per heavy atom. The number of halogens is 2. The molecule has 0 aliphatic carbocycles. The van der Waals surface area contributed by atoms with Crippen LogP contribution in [0, 0.1) is 0 Å². The van der Waals surface area contributed by atoms with E-state index in [-0.39, 0.29) is 22.1 Å². The van der Waals surface area contributed by atoms with Gasteiger partial charge in [0.1, 0.15) is 12.9 Å². The molecule has 2 N–H and O–H groups in total. The SMILES string of the molecule is N[C@@H](COc1c(Cl)ncnc1Cl)CN1CCOCC1. The number of nitrogens with zero attached hydrogens (tertiary/aromatic N) is 3. The molecule has 1 aliphatic heterocycles. The van der Waals surface area contributed by atoms with Crippen molar-refractivity contribution in [3.63, 3.8) is 0 Å². The van der Waals surface area contributed by atoms with Crippen molar-refractivity contribution in [3.8, 4) is 5.75 Å². The molecule has 0 radical (unpaired) electrons. The first kappa shape index (κ1) is 14.7. The van der Waals surface area contributed by atoms with Gasteiger partial charge in [0.15, 0.2) is 16.1 Å². The maximum absolute atomic E-state index is 6.02. The number of aromatic nitrogens is 2. The van der Waals surface area contributed by atoms with E-state index < -0.39 is 0 Å². The fourth-order valence-electron chi connectivity index (χ4n) is 1.81. The molecule has 0 saturated carbocycles. The zero-order valence-electron chi connectivity index (χ0n) is 10.4. The van der Waals surface area contributed by atoms with Gasteiger partial charge >= 0.3 is 0 Å². The van der Waals surface area contributed by atoms with Gasteiger partial charge < -0.3 is 15.2 Å². The van der Waals surface area contributed by atoms with Crippen molar-refractivity contribution in [2.24, 2.45) is 5.73 Å². The average molecular weight is 307 g/mol. The van der Waals surface area contributed by atoms with Crippen LogP contribution in [0.1, 0.15) is 0 Å². The van der Waals surface area contributed by atoms with E-state index in [9.17, 15) is 0 Å². The third-order valence-electron chi connectivity index (χ3n) is 2.76. The van der Waals surface area contributed by atoms with Crippen molar-refractivity contribution < 1.29 is 9.47 Å². The van der Waals surface area contributed by atoms with Crippen LogP contribution in [0.25, 0.3) is 0 Å². The van der Waals surface area contributed by atoms with Gasteiger partial charge in [-0.05, 0) is 0 Å². The zero-order valence-corrected chi connectivity index (χ0v) is 11.9. The number of hydrogen-bond donors (Lipinski definition) is 1. The Morgan fingerprint density at radius 1 is 1.32 bits per heavy atom. The van der Waals surface area contributed by atoms with E-state index >= 15 is 0 Å². The largest absolute Gasteiger partial charge is 0.486 e. The smallest absolute Gasteiger partial charge is 0.194 e. The lowest BCUT2D eigenvalue weighted by molar-refractivity contribution is 0.0330. The van der Waals surface area contributed by atoms with Crippen molar-refractivity contribution >= 4 is 23.2 Å². The van der Waals surface area contributed by atoms with E-state index in [0.717, 1.165) is 32.8 Å². The molecule has 1 atom stereocenters. The number of nitrogens with two attached hydrogens (primary N) is 1. The fourth-order valence-corrected chi connectivity index (χ4v) is 2.23. The van der Waals surface area contributed by atoms with Crippen molar-refractivity contribution in [2.45, 2.75) is 6.04 Å². The molecule has 1 aromatic heterocycles. The maximum Gasteiger partial charge on any atom is 0.194 e. The molecule has 2 rings (SSSR count). The molecule has 1 aromatic rings. The minimum absolute atomic E-state index is 0.134. The van der Waals surface area contributed by atoms with Crippen LogP contribution in [0.5, 0.6) is 5.75 Å². The molecule has 0 amide bonds. The fraction of sp³-hybridized carbons (Fsp3) is 0.636. The Kier molecular flexibility index (Phi) is 5.59. The number of morpholine rings is 1. The third kappa shape index (κ3) is 4.43. The van der Waals surface area contributed by atoms with Gasteiger partial charge in [-0.2, -0.15) is 0 Å². The summed E-state index contributed by atoms with van der Waals surface area (Å²) >= 11 is 11.8. The lowest BCUT2D eigenvalue weighted by atomic mass is 10.3. The number of ether oxygens (including phenoxy) is 2. The summed E-state index contributed by atoms with van der Waals surface area (Å²) in [4.78, 5) is 9.86. The summed E-state index contributed by atoms with van der Waals surface area (Å²) in [5.41, 5.74) is 6.02. The molecule has 1 saturated heterocycles. The summed E-state index contributed by atoms with van der Waals surface area (Å²) < 4.78 is 10.8. The van der Waals surface area contributed by atoms with Crippen molar-refractivity contribution in [1.82, 2.24) is 14.9 Å². The van der Waals surface area contributed by atoms with E-state index in [1.54, 1.807) is 0 Å². The second-order valence-corrected chi connectivity index (χ2v) is 4.98. The molecule has 0 spiro atoms. The molecule has 0 bridgehead atoms. The summed E-state index contributed by atoms with van der Waals surface area (Å²) in [6.07, 6.45) is 1.28. The van der Waals surface area contributed by atoms with Crippen LogP contribution in [0.4, 0.5) is 0 Å². The first-order chi connectivity index (χ1) is 9.16. The molecular weight excluding hydrogens is 291 g/mol. The summed E-state index contributed by atoms with van der Waals surface area (Å²) in [5.74, 6) is 0.281. The monoisotopic (exact) mass is 306 g/mol. The summed E-state index contributed by atoms with van der Waals surface area (Å²) in [5, 5.41) is 0.386. The molecule has 106 valence electrons. The predicted molar refractivity (Wildman–Crippen MR) is 72.8 cm³/mol. The van der Waals surface area contributed by atoms with Gasteiger partial charge in [-0.1, -0.05) is 23.2 Å². The normalized spacial score (nSPS) is 18.3. The Morgan fingerprint density at radius 3 is 2.58 bits per heavy atom. The highest BCUT2D eigenvalue weighted by atomic mass is 35.5. The van der Waals surface area contributed by atoms with Crippen molar-refractivity contribution in [2.75, 3.05) is 39.5 Å². The van der Waals surface area contributed by atoms with Crippen LogP contribution in [0.15, 0.2) is 6.33 Å². The summed E-state index contributed by atoms with van der Waals surface area (Å²) in [6.45, 7) is 4.33. The molecule has 8 heteroatoms. The highest BCUT2D eigenvalue weighted by Gasteiger charge is 2.16. The van der Waals surface area contributed by atoms with Crippen LogP contribution >= 0.6 is 23.2 Å². The van der Waals surface area contributed by atoms with Gasteiger partial charge in [0, 0.05) is 19.6 Å². The predicted octanol–water partition coefficient (Wildman–Crippen LogP) is 0.822. The minimum Gasteiger partial charge on any atom is -0.486 e. The van der Waals surface area contributed by atoms with Crippen molar-refractivity contribution in [3.05, 3.63) is 16.6 Å². The highest BCUT2D eigenvalue weighted by Crippen LogP contribution is 2.28. The Labute approximate surface area is 121 Å². The van der Waals surface area contributed by atoms with Crippen LogP contribution in [0.3, 0.4) is 0 Å². The topological polar surface area (TPSA) is 73.5 Å². The first-order valence-corrected chi connectivity index (χ1v) is 6.77. The second-order valence-electron chi connectivity index (χ2n) is 4.27. The maximum atomic E-state index is 6.02. The molecule has 19 heavy (non-hydrogen) atoms. The van der Waals surface area contributed by atoms with Crippen LogP contribution in [-0.2, 0) is 4.74 Å². The third-order valence-corrected chi connectivity index (χ3v) is 3.29. The molecule has 6 nitrogen and oxygen atoms in total. The quantitative estimate of drug-likeness (QED) is 0.812. The zero-order chi connectivity index (χ0) is 13.7. The molecule has 0 aromatic carbocycles. The van der Waals surface area contributed by atoms with Crippen molar-refractivity contribution in [1.29, 1.82) is 0 Å². The molecule has 1 fully saturated rings. The standard InChI is InChI=1S/C11H16Cl2N4O2/c12-10-9(11(13)16-7-15-10)19-6-8(14)5-17-1-3-18-4-2-17/h7-8H,1-6,14H2/t8-/m1/s1. The van der Waals surface area contributed by atoms with Crippen LogP contribution in [-0.4, -0.2) is 60.4 Å². The van der Waals surface area contributed by atoms with E-state index in [4.69, 9.17) is 38.4 Å². The van der Waals surface area contributed by atoms with Crippen LogP contribution in [0.2, 0.25) is 10.3 Å². The van der Waals surface area contributed by atoms with Gasteiger partial charge in [0.25, 0.3) is 0 Å². The number of rotatable bonds is 5. The van der Waals surface area contributed by atoms with E-state index in [1.807, 2.05) is 0 Å². The lowest BCUT2D eigenvalue weighted by Crippen LogP contribution is -2.45. The van der Waals surface area contributed by atoms with Crippen LogP contribution < -0.4 is 10.5 Å². The lowest BCUT2D eigenvalue weighted by Gasteiger charge is -2.28. The molecule has 0 unspecified atom stereocenters. The Bertz CT molecular complexity index is 395. The van der Waals surface area contributed by atoms with E-state index in [2.05, 4.69) is 14.9 Å². The first-order valence-electron chi connectivity index (χ1n) is 6.01. The summed E-state index contributed by atoms with van der Waals surface area (Å²) in [6, 6.07) is -0.134. The number of hydrogen-bond acceptors (Lipinski definition) is 6.